The molecule has 0 atom stereocenters. The zero-order valence-corrected chi connectivity index (χ0v) is 7.86. The fourth-order valence-electron chi connectivity index (χ4n) is 1.27. The van der Waals surface area contributed by atoms with E-state index in [9.17, 15) is 0 Å². The predicted molar refractivity (Wildman–Crippen MR) is 55.9 cm³/mol. The van der Waals surface area contributed by atoms with Gasteiger partial charge in [0, 0.05) is 6.54 Å². The molecule has 0 aliphatic heterocycles. The second kappa shape index (κ2) is 3.45. The minimum atomic E-state index is 0.471. The number of nitrogen functional groups attached to an aromatic ring is 1. The summed E-state index contributed by atoms with van der Waals surface area (Å²) < 4.78 is 0. The van der Waals surface area contributed by atoms with Crippen molar-refractivity contribution in [2.45, 2.75) is 6.92 Å². The number of anilines is 2. The molecule has 0 saturated carbocycles. The van der Waals surface area contributed by atoms with Gasteiger partial charge in [-0.1, -0.05) is 0 Å². The molecule has 72 valence electrons. The lowest BCUT2D eigenvalue weighted by Crippen LogP contribution is -2.01. The minimum Gasteiger partial charge on any atom is -0.384 e. The molecule has 0 unspecified atom stereocenters. The fraction of sp³-hybridized carbons (Fsp3) is 0.222. The SMILES string of the molecule is CCNc1ncnc2nc(N)ccc12. The van der Waals surface area contributed by atoms with Crippen LogP contribution in [0.4, 0.5) is 11.6 Å². The van der Waals surface area contributed by atoms with Gasteiger partial charge in [0.05, 0.1) is 5.39 Å². The zero-order valence-electron chi connectivity index (χ0n) is 7.86. The summed E-state index contributed by atoms with van der Waals surface area (Å²) >= 11 is 0. The van der Waals surface area contributed by atoms with Crippen LogP contribution < -0.4 is 11.1 Å². The lowest BCUT2D eigenvalue weighted by molar-refractivity contribution is 1.13. The van der Waals surface area contributed by atoms with Gasteiger partial charge in [0.2, 0.25) is 0 Å². The highest BCUT2D eigenvalue weighted by atomic mass is 15.0. The van der Waals surface area contributed by atoms with Gasteiger partial charge in [-0.3, -0.25) is 0 Å². The van der Waals surface area contributed by atoms with Crippen molar-refractivity contribution >= 4 is 22.7 Å². The van der Waals surface area contributed by atoms with E-state index in [0.717, 1.165) is 17.7 Å². The van der Waals surface area contributed by atoms with Gasteiger partial charge in [0.1, 0.15) is 18.0 Å². The molecule has 0 bridgehead atoms. The van der Waals surface area contributed by atoms with Crippen LogP contribution in [0.25, 0.3) is 11.0 Å². The molecular formula is C9H11N5. The Kier molecular flexibility index (Phi) is 2.14. The highest BCUT2D eigenvalue weighted by Crippen LogP contribution is 2.17. The van der Waals surface area contributed by atoms with Crippen molar-refractivity contribution in [3.8, 4) is 0 Å². The summed E-state index contributed by atoms with van der Waals surface area (Å²) in [6, 6.07) is 3.61. The molecule has 0 saturated heterocycles. The van der Waals surface area contributed by atoms with Gasteiger partial charge in [0.25, 0.3) is 0 Å². The van der Waals surface area contributed by atoms with E-state index < -0.39 is 0 Å². The number of hydrogen-bond acceptors (Lipinski definition) is 5. The molecule has 14 heavy (non-hydrogen) atoms. The Morgan fingerprint density at radius 3 is 3.00 bits per heavy atom. The molecule has 5 heteroatoms. The number of hydrogen-bond donors (Lipinski definition) is 2. The summed E-state index contributed by atoms with van der Waals surface area (Å²) in [7, 11) is 0. The van der Waals surface area contributed by atoms with Crippen molar-refractivity contribution in [2.24, 2.45) is 0 Å². The van der Waals surface area contributed by atoms with Crippen molar-refractivity contribution in [3.63, 3.8) is 0 Å². The summed E-state index contributed by atoms with van der Waals surface area (Å²) in [5.41, 5.74) is 6.18. The summed E-state index contributed by atoms with van der Waals surface area (Å²) in [5, 5.41) is 4.03. The van der Waals surface area contributed by atoms with E-state index >= 15 is 0 Å². The molecule has 3 N–H and O–H groups in total. The molecule has 2 aromatic rings. The average Bonchev–Trinajstić information content (AvgIpc) is 2.18. The molecule has 0 radical (unpaired) electrons. The molecular weight excluding hydrogens is 178 g/mol. The number of aromatic nitrogens is 3. The topological polar surface area (TPSA) is 76.7 Å². The molecule has 0 amide bonds. The smallest absolute Gasteiger partial charge is 0.166 e. The third-order valence-electron chi connectivity index (χ3n) is 1.86. The van der Waals surface area contributed by atoms with Crippen molar-refractivity contribution in [1.82, 2.24) is 15.0 Å². The molecule has 0 aliphatic rings. The van der Waals surface area contributed by atoms with E-state index in [1.807, 2.05) is 13.0 Å². The summed E-state index contributed by atoms with van der Waals surface area (Å²) in [6.07, 6.45) is 1.48. The molecule has 0 spiro atoms. The van der Waals surface area contributed by atoms with Crippen molar-refractivity contribution in [2.75, 3.05) is 17.6 Å². The van der Waals surface area contributed by atoms with Crippen LogP contribution in [-0.2, 0) is 0 Å². The standard InChI is InChI=1S/C9H11N5/c1-2-11-8-6-3-4-7(10)14-9(6)13-5-12-8/h3-5H,2H2,1H3,(H3,10,11,12,13,14). The van der Waals surface area contributed by atoms with E-state index in [0.29, 0.717) is 11.5 Å². The largest absolute Gasteiger partial charge is 0.384 e. The van der Waals surface area contributed by atoms with Crippen LogP contribution in [0.15, 0.2) is 18.5 Å². The van der Waals surface area contributed by atoms with E-state index in [2.05, 4.69) is 20.3 Å². The van der Waals surface area contributed by atoms with Gasteiger partial charge in [-0.2, -0.15) is 0 Å². The second-order valence-corrected chi connectivity index (χ2v) is 2.86. The molecule has 2 rings (SSSR count). The van der Waals surface area contributed by atoms with Gasteiger partial charge < -0.3 is 11.1 Å². The summed E-state index contributed by atoms with van der Waals surface area (Å²) in [4.78, 5) is 12.3. The Bertz CT molecular complexity index is 454. The predicted octanol–water partition coefficient (Wildman–Crippen LogP) is 1.04. The van der Waals surface area contributed by atoms with Gasteiger partial charge >= 0.3 is 0 Å². The average molecular weight is 189 g/mol. The van der Waals surface area contributed by atoms with Crippen molar-refractivity contribution < 1.29 is 0 Å². The maximum atomic E-state index is 5.56. The zero-order chi connectivity index (χ0) is 9.97. The summed E-state index contributed by atoms with van der Waals surface area (Å²) in [6.45, 7) is 2.83. The van der Waals surface area contributed by atoms with Gasteiger partial charge in [-0.15, -0.1) is 0 Å². The van der Waals surface area contributed by atoms with Gasteiger partial charge in [-0.25, -0.2) is 15.0 Å². The number of nitrogens with zero attached hydrogens (tertiary/aromatic N) is 3. The molecule has 0 fully saturated rings. The molecule has 2 heterocycles. The lowest BCUT2D eigenvalue weighted by Gasteiger charge is -2.04. The third-order valence-corrected chi connectivity index (χ3v) is 1.86. The van der Waals surface area contributed by atoms with E-state index in [-0.39, 0.29) is 0 Å². The van der Waals surface area contributed by atoms with Crippen LogP contribution >= 0.6 is 0 Å². The van der Waals surface area contributed by atoms with Crippen LogP contribution in [0.2, 0.25) is 0 Å². The molecule has 2 aromatic heterocycles. The van der Waals surface area contributed by atoms with Gasteiger partial charge in [0.15, 0.2) is 5.65 Å². The Morgan fingerprint density at radius 1 is 1.36 bits per heavy atom. The Morgan fingerprint density at radius 2 is 2.21 bits per heavy atom. The van der Waals surface area contributed by atoms with Crippen LogP contribution in [0.1, 0.15) is 6.92 Å². The maximum Gasteiger partial charge on any atom is 0.166 e. The van der Waals surface area contributed by atoms with Crippen LogP contribution in [-0.4, -0.2) is 21.5 Å². The third kappa shape index (κ3) is 1.44. The van der Waals surface area contributed by atoms with Crippen LogP contribution in [0.5, 0.6) is 0 Å². The summed E-state index contributed by atoms with van der Waals surface area (Å²) in [5.74, 6) is 1.27. The van der Waals surface area contributed by atoms with Crippen LogP contribution in [0, 0.1) is 0 Å². The number of fused-ring (bicyclic) bond motifs is 1. The number of rotatable bonds is 2. The first-order valence-corrected chi connectivity index (χ1v) is 4.42. The number of pyridine rings is 1. The van der Waals surface area contributed by atoms with E-state index in [1.54, 1.807) is 6.07 Å². The Hall–Kier alpha value is -1.91. The fourth-order valence-corrected chi connectivity index (χ4v) is 1.27. The molecule has 0 aromatic carbocycles. The molecule has 0 aliphatic carbocycles. The van der Waals surface area contributed by atoms with Crippen LogP contribution in [0.3, 0.4) is 0 Å². The van der Waals surface area contributed by atoms with Crippen molar-refractivity contribution in [3.05, 3.63) is 18.5 Å². The number of nitrogens with one attached hydrogen (secondary N) is 1. The van der Waals surface area contributed by atoms with E-state index in [4.69, 9.17) is 5.73 Å². The first-order valence-electron chi connectivity index (χ1n) is 4.42. The number of nitrogens with two attached hydrogens (primary N) is 1. The Balaban J connectivity index is 2.62. The highest BCUT2D eigenvalue weighted by Gasteiger charge is 2.02. The quantitative estimate of drug-likeness (QED) is 0.738. The highest BCUT2D eigenvalue weighted by molar-refractivity contribution is 5.86. The monoisotopic (exact) mass is 189 g/mol. The lowest BCUT2D eigenvalue weighted by atomic mass is 10.3. The normalized spacial score (nSPS) is 10.4. The first-order chi connectivity index (χ1) is 6.81. The van der Waals surface area contributed by atoms with E-state index in [1.165, 1.54) is 6.33 Å². The first kappa shape index (κ1) is 8.68. The minimum absolute atomic E-state index is 0.471. The Labute approximate surface area is 81.4 Å². The van der Waals surface area contributed by atoms with Gasteiger partial charge in [-0.05, 0) is 19.1 Å². The second-order valence-electron chi connectivity index (χ2n) is 2.86. The maximum absolute atomic E-state index is 5.56. The van der Waals surface area contributed by atoms with Crippen molar-refractivity contribution in [1.29, 1.82) is 0 Å². The molecule has 5 nitrogen and oxygen atoms in total.